The summed E-state index contributed by atoms with van der Waals surface area (Å²) in [6, 6.07) is 3.63. The second-order valence-corrected chi connectivity index (χ2v) is 6.12. The van der Waals surface area contributed by atoms with E-state index < -0.39 is 70.2 Å². The minimum Gasteiger partial charge on any atom is -0.421 e. The van der Waals surface area contributed by atoms with Crippen molar-refractivity contribution in [2.24, 2.45) is 0 Å². The number of hydrogen-bond acceptors (Lipinski definition) is 8. The van der Waals surface area contributed by atoms with Gasteiger partial charge >= 0.3 is 23.9 Å². The van der Waals surface area contributed by atoms with E-state index in [-0.39, 0.29) is 10.8 Å². The fraction of sp³-hybridized carbons (Fsp3) is 0. The monoisotopic (exact) mass is 480 g/mol. The molecule has 0 fully saturated rings. The Labute approximate surface area is 187 Å². The topological polar surface area (TPSA) is 105 Å². The van der Waals surface area contributed by atoms with Gasteiger partial charge in [-0.25, -0.2) is 19.2 Å². The Morgan fingerprint density at radius 1 is 0.529 bits per heavy atom. The van der Waals surface area contributed by atoms with Crippen molar-refractivity contribution in [1.82, 2.24) is 0 Å². The first kappa shape index (κ1) is 25.5. The molecule has 0 aliphatic rings. The molecule has 0 amide bonds. The fourth-order valence-corrected chi connectivity index (χ4v) is 2.24. The highest BCUT2D eigenvalue weighted by molar-refractivity contribution is 5.99. The minimum atomic E-state index is -1.63. The lowest BCUT2D eigenvalue weighted by atomic mass is 10.1. The molecule has 0 bridgehead atoms. The van der Waals surface area contributed by atoms with Crippen molar-refractivity contribution < 1.29 is 55.7 Å². The molecule has 0 unspecified atom stereocenters. The van der Waals surface area contributed by atoms with Crippen LogP contribution in [0.3, 0.4) is 0 Å². The first-order valence-electron chi connectivity index (χ1n) is 8.68. The van der Waals surface area contributed by atoms with Crippen molar-refractivity contribution in [2.75, 3.05) is 0 Å². The van der Waals surface area contributed by atoms with Gasteiger partial charge in [0.05, 0.1) is 0 Å². The highest BCUT2D eigenvalue weighted by Crippen LogP contribution is 2.40. The van der Waals surface area contributed by atoms with Crippen molar-refractivity contribution in [3.8, 4) is 23.0 Å². The molecule has 0 atom stereocenters. The summed E-state index contributed by atoms with van der Waals surface area (Å²) >= 11 is 0. The van der Waals surface area contributed by atoms with Crippen LogP contribution in [0.5, 0.6) is 23.0 Å². The van der Waals surface area contributed by atoms with Crippen LogP contribution in [-0.2, 0) is 19.2 Å². The molecule has 34 heavy (non-hydrogen) atoms. The predicted octanol–water partition coefficient (Wildman–Crippen LogP) is 4.39. The van der Waals surface area contributed by atoms with E-state index in [1.807, 2.05) is 0 Å². The SMILES string of the molecule is C=C(F)C(=O)Oc1cc(OC(=O)C(=C)F)c2cc(OC(=O)C(=C)F)c(OC(=O)C(=C)F)cc2c1. The van der Waals surface area contributed by atoms with Gasteiger partial charge in [0.25, 0.3) is 0 Å². The Kier molecular flexibility index (Phi) is 7.69. The van der Waals surface area contributed by atoms with Crippen LogP contribution in [-0.4, -0.2) is 23.9 Å². The van der Waals surface area contributed by atoms with Crippen LogP contribution in [0.25, 0.3) is 10.8 Å². The molecule has 12 heteroatoms. The Hall–Kier alpha value is -4.74. The molecule has 8 nitrogen and oxygen atoms in total. The Bertz CT molecular complexity index is 1300. The Morgan fingerprint density at radius 2 is 0.912 bits per heavy atom. The van der Waals surface area contributed by atoms with E-state index in [2.05, 4.69) is 26.3 Å². The number of hydrogen-bond donors (Lipinski definition) is 0. The Morgan fingerprint density at radius 3 is 1.35 bits per heavy atom. The summed E-state index contributed by atoms with van der Waals surface area (Å²) in [6.07, 6.45) is 0. The number of fused-ring (bicyclic) bond motifs is 1. The van der Waals surface area contributed by atoms with E-state index in [0.29, 0.717) is 0 Å². The molecule has 0 radical (unpaired) electrons. The number of benzene rings is 2. The third-order valence-electron chi connectivity index (χ3n) is 3.66. The van der Waals surface area contributed by atoms with Crippen molar-refractivity contribution >= 4 is 34.6 Å². The highest BCUT2D eigenvalue weighted by Gasteiger charge is 2.22. The molecule has 0 saturated carbocycles. The minimum absolute atomic E-state index is 0.117. The number of esters is 4. The third kappa shape index (κ3) is 6.16. The number of rotatable bonds is 8. The van der Waals surface area contributed by atoms with Gasteiger partial charge in [0, 0.05) is 11.5 Å². The maximum absolute atomic E-state index is 13.2. The first-order chi connectivity index (χ1) is 15.8. The first-order valence-corrected chi connectivity index (χ1v) is 8.68. The average molecular weight is 480 g/mol. The van der Waals surface area contributed by atoms with Crippen LogP contribution >= 0.6 is 0 Å². The van der Waals surface area contributed by atoms with Crippen LogP contribution in [0, 0.1) is 0 Å². The van der Waals surface area contributed by atoms with Gasteiger partial charge < -0.3 is 18.9 Å². The molecule has 2 aromatic carbocycles. The summed E-state index contributed by atoms with van der Waals surface area (Å²) < 4.78 is 71.4. The average Bonchev–Trinajstić information content (AvgIpc) is 2.73. The zero-order chi connectivity index (χ0) is 25.7. The molecule has 0 aliphatic carbocycles. The smallest absolute Gasteiger partial charge is 0.372 e. The summed E-state index contributed by atoms with van der Waals surface area (Å²) in [7, 11) is 0. The molecule has 176 valence electrons. The van der Waals surface area contributed by atoms with Crippen LogP contribution < -0.4 is 18.9 Å². The van der Waals surface area contributed by atoms with E-state index in [1.54, 1.807) is 0 Å². The predicted molar refractivity (Wildman–Crippen MR) is 107 cm³/mol. The largest absolute Gasteiger partial charge is 0.421 e. The maximum Gasteiger partial charge on any atom is 0.372 e. The lowest BCUT2D eigenvalue weighted by molar-refractivity contribution is -0.134. The molecule has 0 aromatic heterocycles. The lowest BCUT2D eigenvalue weighted by Gasteiger charge is -2.14. The normalized spacial score (nSPS) is 10.1. The van der Waals surface area contributed by atoms with Crippen molar-refractivity contribution in [2.45, 2.75) is 0 Å². The molecule has 0 saturated heterocycles. The van der Waals surface area contributed by atoms with Gasteiger partial charge in [0.15, 0.2) is 11.5 Å². The number of carbonyl (C=O) groups is 4. The van der Waals surface area contributed by atoms with Gasteiger partial charge in [-0.3, -0.25) is 0 Å². The molecule has 2 rings (SSSR count). The van der Waals surface area contributed by atoms with Gasteiger partial charge in [-0.1, -0.05) is 26.3 Å². The summed E-state index contributed by atoms with van der Waals surface area (Å²) in [5, 5.41) is -0.298. The summed E-state index contributed by atoms with van der Waals surface area (Å²) in [6.45, 7) is 11.0. The van der Waals surface area contributed by atoms with E-state index in [0.717, 1.165) is 24.3 Å². The fourth-order valence-electron chi connectivity index (χ4n) is 2.24. The number of halogens is 4. The van der Waals surface area contributed by atoms with Crippen molar-refractivity contribution in [3.63, 3.8) is 0 Å². The molecule has 0 spiro atoms. The standard InChI is InChI=1S/C22H12F4O8/c1-9(23)19(27)31-14-5-13-6-17(33-21(29)11(3)25)18(34-22(30)12(4)26)8-15(13)16(7-14)32-20(28)10(2)24/h5-8H,1-4H2. The van der Waals surface area contributed by atoms with E-state index in [9.17, 15) is 36.7 Å². The molecule has 0 N–H and O–H groups in total. The second kappa shape index (κ2) is 10.3. The summed E-state index contributed by atoms with van der Waals surface area (Å²) in [5.74, 6) is -14.8. The molecular formula is C22H12F4O8. The van der Waals surface area contributed by atoms with E-state index in [4.69, 9.17) is 18.9 Å². The van der Waals surface area contributed by atoms with Gasteiger partial charge in [0.1, 0.15) is 11.5 Å². The molecule has 0 heterocycles. The van der Waals surface area contributed by atoms with Gasteiger partial charge in [0.2, 0.25) is 23.3 Å². The number of ether oxygens (including phenoxy) is 4. The van der Waals surface area contributed by atoms with E-state index in [1.165, 1.54) is 0 Å². The van der Waals surface area contributed by atoms with Crippen LogP contribution in [0.4, 0.5) is 17.6 Å². The van der Waals surface area contributed by atoms with Crippen molar-refractivity contribution in [1.29, 1.82) is 0 Å². The quantitative estimate of drug-likeness (QED) is 0.237. The van der Waals surface area contributed by atoms with Gasteiger partial charge in [-0.05, 0) is 23.6 Å². The molecule has 0 aliphatic heterocycles. The van der Waals surface area contributed by atoms with Crippen LogP contribution in [0.15, 0.2) is 73.9 Å². The molecular weight excluding hydrogens is 468 g/mol. The zero-order valence-corrected chi connectivity index (χ0v) is 16.9. The van der Waals surface area contributed by atoms with Crippen LogP contribution in [0.1, 0.15) is 0 Å². The summed E-state index contributed by atoms with van der Waals surface area (Å²) in [4.78, 5) is 46.5. The lowest BCUT2D eigenvalue weighted by Crippen LogP contribution is -2.13. The van der Waals surface area contributed by atoms with E-state index >= 15 is 0 Å². The second-order valence-electron chi connectivity index (χ2n) is 6.12. The molecule has 2 aromatic rings. The maximum atomic E-state index is 13.2. The van der Waals surface area contributed by atoms with Gasteiger partial charge in [-0.2, -0.15) is 17.6 Å². The van der Waals surface area contributed by atoms with Gasteiger partial charge in [-0.15, -0.1) is 0 Å². The van der Waals surface area contributed by atoms with Crippen molar-refractivity contribution in [3.05, 3.63) is 73.9 Å². The van der Waals surface area contributed by atoms with Crippen LogP contribution in [0.2, 0.25) is 0 Å². The Balaban J connectivity index is 2.77. The highest BCUT2D eigenvalue weighted by atomic mass is 19.1. The summed E-state index contributed by atoms with van der Waals surface area (Å²) in [5.41, 5.74) is 0. The zero-order valence-electron chi connectivity index (χ0n) is 16.9. The number of carbonyl (C=O) groups excluding carboxylic acids is 4. The third-order valence-corrected chi connectivity index (χ3v) is 3.66.